The molecule has 0 saturated heterocycles. The molecule has 0 aliphatic heterocycles. The van der Waals surface area contributed by atoms with E-state index in [1.165, 1.54) is 0 Å². The molecule has 3 heteroatoms. The van der Waals surface area contributed by atoms with Crippen LogP contribution in [-0.2, 0) is 7.05 Å². The lowest BCUT2D eigenvalue weighted by molar-refractivity contribution is -0.660. The van der Waals surface area contributed by atoms with Crippen LogP contribution < -0.4 is 9.30 Å². The van der Waals surface area contributed by atoms with Crippen molar-refractivity contribution in [3.63, 3.8) is 0 Å². The van der Waals surface area contributed by atoms with Gasteiger partial charge in [-0.25, -0.2) is 0 Å². The molecule has 0 aliphatic rings. The second kappa shape index (κ2) is 3.54. The maximum atomic E-state index is 5.25. The number of pyridine rings is 1. The summed E-state index contributed by atoms with van der Waals surface area (Å²) in [5.74, 6) is 0.867. The summed E-state index contributed by atoms with van der Waals surface area (Å²) in [6.45, 7) is 0. The molecule has 3 nitrogen and oxygen atoms in total. The number of hydrogen-bond donors (Lipinski definition) is 1. The number of rotatable bonds is 2. The first kappa shape index (κ1) is 8.81. The molecule has 0 saturated carbocycles. The summed E-state index contributed by atoms with van der Waals surface area (Å²) in [6.07, 6.45) is 3.89. The number of aryl methyl sites for hydroxylation is 1. The zero-order chi connectivity index (χ0) is 9.97. The van der Waals surface area contributed by atoms with E-state index in [1.807, 2.05) is 48.3 Å². The van der Waals surface area contributed by atoms with Gasteiger partial charge in [0.05, 0.1) is 7.11 Å². The van der Waals surface area contributed by atoms with Gasteiger partial charge in [-0.1, -0.05) is 0 Å². The van der Waals surface area contributed by atoms with Gasteiger partial charge < -0.3 is 9.72 Å². The third-order valence-electron chi connectivity index (χ3n) is 2.24. The second-order valence-corrected chi connectivity index (χ2v) is 3.12. The Bertz CT molecular complexity index is 434. The molecule has 2 heterocycles. The smallest absolute Gasteiger partial charge is 0.232 e. The summed E-state index contributed by atoms with van der Waals surface area (Å²) < 4.78 is 7.30. The predicted molar refractivity (Wildman–Crippen MR) is 54.0 cm³/mol. The summed E-state index contributed by atoms with van der Waals surface area (Å²) >= 11 is 0. The van der Waals surface area contributed by atoms with Crippen molar-refractivity contribution in [2.24, 2.45) is 7.05 Å². The minimum Gasteiger partial charge on any atom is -0.494 e. The van der Waals surface area contributed by atoms with Crippen LogP contribution in [0, 0.1) is 0 Å². The van der Waals surface area contributed by atoms with Crippen LogP contribution >= 0.6 is 0 Å². The summed E-state index contributed by atoms with van der Waals surface area (Å²) in [5.41, 5.74) is 2.12. The topological polar surface area (TPSA) is 28.9 Å². The second-order valence-electron chi connectivity index (χ2n) is 3.12. The molecule has 0 fully saturated rings. The van der Waals surface area contributed by atoms with Crippen LogP contribution in [0.5, 0.6) is 5.75 Å². The Hall–Kier alpha value is -1.77. The molecule has 0 aromatic carbocycles. The van der Waals surface area contributed by atoms with Crippen LogP contribution in [0.3, 0.4) is 0 Å². The molecule has 0 atom stereocenters. The molecule has 0 unspecified atom stereocenters. The van der Waals surface area contributed by atoms with Gasteiger partial charge in [-0.15, -0.1) is 0 Å². The standard InChI is InChI=1S/C11H12N2O/c1-13-8-4-3-5-9(13)11-10(14-2)6-7-12-11/h3-8H,1-2H3/p+1. The highest BCUT2D eigenvalue weighted by Gasteiger charge is 2.14. The normalized spacial score (nSPS) is 10.1. The highest BCUT2D eigenvalue weighted by atomic mass is 16.5. The number of methoxy groups -OCH3 is 1. The third-order valence-corrected chi connectivity index (χ3v) is 2.24. The first-order chi connectivity index (χ1) is 6.83. The summed E-state index contributed by atoms with van der Waals surface area (Å²) in [4.78, 5) is 3.17. The van der Waals surface area contributed by atoms with Crippen LogP contribution in [0.2, 0.25) is 0 Å². The van der Waals surface area contributed by atoms with Gasteiger partial charge in [0.2, 0.25) is 5.69 Å². The van der Waals surface area contributed by atoms with Gasteiger partial charge in [-0.2, -0.15) is 4.57 Å². The lowest BCUT2D eigenvalue weighted by Gasteiger charge is -2.00. The molecule has 1 N–H and O–H groups in total. The maximum Gasteiger partial charge on any atom is 0.232 e. The number of nitrogens with one attached hydrogen (secondary N) is 1. The molecular formula is C11H13N2O+. The van der Waals surface area contributed by atoms with Crippen molar-refractivity contribution >= 4 is 0 Å². The van der Waals surface area contributed by atoms with Crippen molar-refractivity contribution in [2.45, 2.75) is 0 Å². The zero-order valence-corrected chi connectivity index (χ0v) is 8.32. The van der Waals surface area contributed by atoms with Gasteiger partial charge in [-0.05, 0) is 12.1 Å². The quantitative estimate of drug-likeness (QED) is 0.713. The fourth-order valence-corrected chi connectivity index (χ4v) is 1.51. The van der Waals surface area contributed by atoms with Crippen LogP contribution in [0.1, 0.15) is 0 Å². The predicted octanol–water partition coefficient (Wildman–Crippen LogP) is 1.51. The first-order valence-electron chi connectivity index (χ1n) is 4.49. The highest BCUT2D eigenvalue weighted by molar-refractivity contribution is 5.60. The molecule has 0 aliphatic carbocycles. The fourth-order valence-electron chi connectivity index (χ4n) is 1.51. The van der Waals surface area contributed by atoms with E-state index < -0.39 is 0 Å². The molecule has 14 heavy (non-hydrogen) atoms. The van der Waals surface area contributed by atoms with E-state index in [0.29, 0.717) is 0 Å². The van der Waals surface area contributed by atoms with Crippen LogP contribution in [-0.4, -0.2) is 12.1 Å². The Morgan fingerprint density at radius 2 is 2.14 bits per heavy atom. The van der Waals surface area contributed by atoms with E-state index in [-0.39, 0.29) is 0 Å². The molecule has 0 radical (unpaired) electrons. The summed E-state index contributed by atoms with van der Waals surface area (Å²) in [5, 5.41) is 0. The van der Waals surface area contributed by atoms with Crippen molar-refractivity contribution in [3.8, 4) is 17.1 Å². The Balaban J connectivity index is 2.54. The molecule has 72 valence electrons. The van der Waals surface area contributed by atoms with Gasteiger partial charge >= 0.3 is 0 Å². The number of aromatic nitrogens is 2. The Morgan fingerprint density at radius 3 is 2.86 bits per heavy atom. The van der Waals surface area contributed by atoms with Gasteiger partial charge in [0.1, 0.15) is 7.05 Å². The average Bonchev–Trinajstić information content (AvgIpc) is 2.66. The van der Waals surface area contributed by atoms with Crippen molar-refractivity contribution in [1.82, 2.24) is 4.98 Å². The molecule has 0 bridgehead atoms. The largest absolute Gasteiger partial charge is 0.494 e. The maximum absolute atomic E-state index is 5.25. The number of ether oxygens (including phenoxy) is 1. The van der Waals surface area contributed by atoms with E-state index in [4.69, 9.17) is 4.74 Å². The van der Waals surface area contributed by atoms with Crippen LogP contribution in [0.15, 0.2) is 36.7 Å². The van der Waals surface area contributed by atoms with Gasteiger partial charge in [0, 0.05) is 18.3 Å². The minimum atomic E-state index is 0.867. The fraction of sp³-hybridized carbons (Fsp3) is 0.182. The van der Waals surface area contributed by atoms with Crippen molar-refractivity contribution in [1.29, 1.82) is 0 Å². The lowest BCUT2D eigenvalue weighted by atomic mass is 10.2. The Morgan fingerprint density at radius 1 is 1.29 bits per heavy atom. The van der Waals surface area contributed by atoms with Crippen molar-refractivity contribution in [2.75, 3.05) is 7.11 Å². The summed E-state index contributed by atoms with van der Waals surface area (Å²) in [7, 11) is 3.69. The van der Waals surface area contributed by atoms with Gasteiger partial charge in [0.25, 0.3) is 0 Å². The number of nitrogens with zero attached hydrogens (tertiary/aromatic N) is 1. The van der Waals surface area contributed by atoms with E-state index in [1.54, 1.807) is 7.11 Å². The molecule has 2 rings (SSSR count). The van der Waals surface area contributed by atoms with E-state index in [0.717, 1.165) is 17.1 Å². The van der Waals surface area contributed by atoms with Crippen LogP contribution in [0.25, 0.3) is 11.4 Å². The SMILES string of the molecule is COc1cc[nH]c1-c1cccc[n+]1C. The zero-order valence-electron chi connectivity index (χ0n) is 8.32. The van der Waals surface area contributed by atoms with E-state index in [2.05, 4.69) is 4.98 Å². The monoisotopic (exact) mass is 189 g/mol. The van der Waals surface area contributed by atoms with Crippen molar-refractivity contribution < 1.29 is 9.30 Å². The van der Waals surface area contributed by atoms with Crippen molar-refractivity contribution in [3.05, 3.63) is 36.7 Å². The van der Waals surface area contributed by atoms with Gasteiger partial charge in [-0.3, -0.25) is 0 Å². The van der Waals surface area contributed by atoms with Gasteiger partial charge in [0.15, 0.2) is 17.6 Å². The number of hydrogen-bond acceptors (Lipinski definition) is 1. The lowest BCUT2D eigenvalue weighted by Crippen LogP contribution is -2.30. The average molecular weight is 189 g/mol. The molecule has 0 spiro atoms. The number of H-pyrrole nitrogens is 1. The molecule has 2 aromatic heterocycles. The highest BCUT2D eigenvalue weighted by Crippen LogP contribution is 2.24. The number of aromatic amines is 1. The third kappa shape index (κ3) is 1.37. The molecular weight excluding hydrogens is 176 g/mol. The molecule has 2 aromatic rings. The first-order valence-corrected chi connectivity index (χ1v) is 4.49. The van der Waals surface area contributed by atoms with E-state index >= 15 is 0 Å². The minimum absolute atomic E-state index is 0.867. The van der Waals surface area contributed by atoms with Crippen LogP contribution in [0.4, 0.5) is 0 Å². The Kier molecular flexibility index (Phi) is 2.23. The Labute approximate surface area is 83.0 Å². The summed E-state index contributed by atoms with van der Waals surface area (Å²) in [6, 6.07) is 7.98. The molecule has 0 amide bonds. The van der Waals surface area contributed by atoms with E-state index in [9.17, 15) is 0 Å².